The normalized spacial score (nSPS) is 13.5. The number of imidazole rings is 1. The molecular weight excluding hydrogens is 454 g/mol. The highest BCUT2D eigenvalue weighted by molar-refractivity contribution is 6.33. The van der Waals surface area contributed by atoms with E-state index < -0.39 is 11.7 Å². The van der Waals surface area contributed by atoms with Crippen LogP contribution in [0.15, 0.2) is 30.6 Å². The molecule has 0 spiro atoms. The van der Waals surface area contributed by atoms with E-state index in [0.29, 0.717) is 41.2 Å². The van der Waals surface area contributed by atoms with E-state index in [2.05, 4.69) is 15.8 Å². The van der Waals surface area contributed by atoms with Gasteiger partial charge in [-0.05, 0) is 62.3 Å². The van der Waals surface area contributed by atoms with E-state index in [1.165, 1.54) is 0 Å². The number of carbonyl (C=O) groups excluding carboxylic acids is 1. The van der Waals surface area contributed by atoms with Gasteiger partial charge in [-0.2, -0.15) is 0 Å². The van der Waals surface area contributed by atoms with E-state index in [0.717, 1.165) is 31.2 Å². The van der Waals surface area contributed by atoms with Crippen molar-refractivity contribution < 1.29 is 14.0 Å². The van der Waals surface area contributed by atoms with E-state index >= 15 is 4.39 Å². The van der Waals surface area contributed by atoms with Crippen LogP contribution < -0.4 is 10.8 Å². The topological polar surface area (TPSA) is 68.2 Å². The van der Waals surface area contributed by atoms with E-state index in [9.17, 15) is 4.79 Å². The van der Waals surface area contributed by atoms with Crippen LogP contribution in [0.1, 0.15) is 41.6 Å². The molecule has 0 atom stereocenters. The fourth-order valence-corrected chi connectivity index (χ4v) is 3.91. The number of nitrogens with one attached hydrogen (secondary N) is 2. The highest BCUT2D eigenvalue weighted by Crippen LogP contribution is 2.34. The highest BCUT2D eigenvalue weighted by atomic mass is 35.5. The standard InChI is InChI=1S/C23H25Cl2FN4O2/c1-14-4-7-18(17(25)10-14)28-21-16(23(31)29-32-12-15-5-6-15)11-19-22(20(21)26)27-13-30(19)9-3-2-8-24/h4,7,10-11,13,15,28H,2-3,5-6,8-9,12H2,1H3,(H,29,31). The summed E-state index contributed by atoms with van der Waals surface area (Å²) < 4.78 is 17.5. The van der Waals surface area contributed by atoms with Crippen LogP contribution in [0.4, 0.5) is 15.8 Å². The molecule has 32 heavy (non-hydrogen) atoms. The molecule has 2 N–H and O–H groups in total. The molecule has 0 bridgehead atoms. The lowest BCUT2D eigenvalue weighted by Crippen LogP contribution is -2.26. The summed E-state index contributed by atoms with van der Waals surface area (Å²) in [5.74, 6) is -0.131. The summed E-state index contributed by atoms with van der Waals surface area (Å²) in [6.45, 7) is 2.98. The number of rotatable bonds is 10. The number of unbranched alkanes of at least 4 members (excludes halogenated alkanes) is 1. The van der Waals surface area contributed by atoms with Crippen molar-refractivity contribution >= 4 is 51.5 Å². The minimum atomic E-state index is -0.623. The predicted molar refractivity (Wildman–Crippen MR) is 125 cm³/mol. The fraction of sp³-hybridized carbons (Fsp3) is 0.391. The molecule has 1 saturated carbocycles. The van der Waals surface area contributed by atoms with Crippen molar-refractivity contribution in [3.8, 4) is 0 Å². The molecule has 1 aromatic heterocycles. The van der Waals surface area contributed by atoms with Crippen LogP contribution in [0.2, 0.25) is 5.02 Å². The van der Waals surface area contributed by atoms with Gasteiger partial charge in [0, 0.05) is 12.4 Å². The van der Waals surface area contributed by atoms with Crippen molar-refractivity contribution in [3.05, 3.63) is 52.6 Å². The number of nitrogens with zero attached hydrogens (tertiary/aromatic N) is 2. The molecule has 3 aromatic rings. The first-order valence-electron chi connectivity index (χ1n) is 10.7. The number of hydrogen-bond donors (Lipinski definition) is 2. The van der Waals surface area contributed by atoms with Gasteiger partial charge in [-0.1, -0.05) is 17.7 Å². The lowest BCUT2D eigenvalue weighted by atomic mass is 10.1. The molecule has 1 heterocycles. The van der Waals surface area contributed by atoms with E-state index in [1.807, 2.05) is 17.6 Å². The number of aryl methyl sites for hydroxylation is 2. The predicted octanol–water partition coefficient (Wildman–Crippen LogP) is 5.97. The third-order valence-electron chi connectivity index (χ3n) is 5.45. The van der Waals surface area contributed by atoms with Gasteiger partial charge in [0.2, 0.25) is 0 Å². The molecular formula is C23H25Cl2FN4O2. The number of amides is 1. The molecule has 1 amide bonds. The zero-order valence-electron chi connectivity index (χ0n) is 17.8. The molecule has 0 aliphatic heterocycles. The van der Waals surface area contributed by atoms with Crippen molar-refractivity contribution in [3.63, 3.8) is 0 Å². The van der Waals surface area contributed by atoms with Crippen molar-refractivity contribution in [2.24, 2.45) is 5.92 Å². The molecule has 1 fully saturated rings. The zero-order chi connectivity index (χ0) is 22.7. The van der Waals surface area contributed by atoms with Gasteiger partial charge < -0.3 is 9.88 Å². The summed E-state index contributed by atoms with van der Waals surface area (Å²) in [5, 5.41) is 3.42. The number of anilines is 2. The molecule has 0 unspecified atom stereocenters. The van der Waals surface area contributed by atoms with Gasteiger partial charge in [0.25, 0.3) is 5.91 Å². The van der Waals surface area contributed by atoms with Crippen LogP contribution in [-0.4, -0.2) is 27.9 Å². The van der Waals surface area contributed by atoms with Gasteiger partial charge in [-0.3, -0.25) is 9.63 Å². The van der Waals surface area contributed by atoms with Gasteiger partial charge in [0.05, 0.1) is 40.4 Å². The number of benzene rings is 2. The van der Waals surface area contributed by atoms with Crippen LogP contribution in [0.3, 0.4) is 0 Å². The largest absolute Gasteiger partial charge is 0.351 e. The monoisotopic (exact) mass is 478 g/mol. The number of carbonyl (C=O) groups is 1. The van der Waals surface area contributed by atoms with E-state index in [4.69, 9.17) is 28.0 Å². The molecule has 0 radical (unpaired) electrons. The van der Waals surface area contributed by atoms with Gasteiger partial charge in [0.15, 0.2) is 5.82 Å². The minimum absolute atomic E-state index is 0.00165. The van der Waals surface area contributed by atoms with Crippen molar-refractivity contribution in [1.29, 1.82) is 0 Å². The Morgan fingerprint density at radius 2 is 2.12 bits per heavy atom. The first kappa shape index (κ1) is 22.8. The Morgan fingerprint density at radius 1 is 1.31 bits per heavy atom. The smallest absolute Gasteiger partial charge is 0.277 e. The van der Waals surface area contributed by atoms with Crippen molar-refractivity contribution in [1.82, 2.24) is 15.0 Å². The Hall–Kier alpha value is -2.35. The van der Waals surface area contributed by atoms with E-state index in [1.54, 1.807) is 24.5 Å². The number of hydroxylamine groups is 1. The quantitative estimate of drug-likeness (QED) is 0.214. The molecule has 6 nitrogen and oxygen atoms in total. The van der Waals surface area contributed by atoms with Crippen LogP contribution in [-0.2, 0) is 11.4 Å². The second-order valence-electron chi connectivity index (χ2n) is 8.11. The summed E-state index contributed by atoms with van der Waals surface area (Å²) in [4.78, 5) is 22.6. The Balaban J connectivity index is 1.71. The average Bonchev–Trinajstić information content (AvgIpc) is 3.50. The lowest BCUT2D eigenvalue weighted by Gasteiger charge is -2.16. The average molecular weight is 479 g/mol. The molecule has 0 saturated heterocycles. The number of alkyl halides is 1. The second kappa shape index (κ2) is 10.1. The summed E-state index contributed by atoms with van der Waals surface area (Å²) in [6, 6.07) is 7.00. The Kier molecular flexibility index (Phi) is 7.18. The summed E-state index contributed by atoms with van der Waals surface area (Å²) in [5.41, 5.74) is 4.74. The molecule has 9 heteroatoms. The number of hydrogen-bond acceptors (Lipinski definition) is 4. The Bertz CT molecular complexity index is 1130. The summed E-state index contributed by atoms with van der Waals surface area (Å²) in [6.07, 6.45) is 5.42. The molecule has 1 aliphatic rings. The maximum absolute atomic E-state index is 15.6. The minimum Gasteiger partial charge on any atom is -0.351 e. The third kappa shape index (κ3) is 5.17. The molecule has 170 valence electrons. The Morgan fingerprint density at radius 3 is 2.84 bits per heavy atom. The maximum atomic E-state index is 15.6. The fourth-order valence-electron chi connectivity index (χ4n) is 3.43. The Labute approximate surface area is 196 Å². The van der Waals surface area contributed by atoms with Gasteiger partial charge in [-0.25, -0.2) is 14.9 Å². The van der Waals surface area contributed by atoms with Crippen LogP contribution in [0.25, 0.3) is 11.0 Å². The zero-order valence-corrected chi connectivity index (χ0v) is 19.3. The first-order valence-corrected chi connectivity index (χ1v) is 11.6. The highest BCUT2D eigenvalue weighted by Gasteiger charge is 2.25. The maximum Gasteiger partial charge on any atom is 0.277 e. The number of aromatic nitrogens is 2. The van der Waals surface area contributed by atoms with Crippen molar-refractivity contribution in [2.75, 3.05) is 17.8 Å². The second-order valence-corrected chi connectivity index (χ2v) is 8.89. The van der Waals surface area contributed by atoms with Crippen LogP contribution in [0.5, 0.6) is 0 Å². The number of fused-ring (bicyclic) bond motifs is 1. The van der Waals surface area contributed by atoms with E-state index in [-0.39, 0.29) is 16.8 Å². The first-order chi connectivity index (χ1) is 15.5. The van der Waals surface area contributed by atoms with Gasteiger partial charge >= 0.3 is 0 Å². The molecule has 4 rings (SSSR count). The summed E-state index contributed by atoms with van der Waals surface area (Å²) >= 11 is 12.1. The molecule has 2 aromatic carbocycles. The third-order valence-corrected chi connectivity index (χ3v) is 6.03. The van der Waals surface area contributed by atoms with Gasteiger partial charge in [-0.15, -0.1) is 11.6 Å². The summed E-state index contributed by atoms with van der Waals surface area (Å²) in [7, 11) is 0. The van der Waals surface area contributed by atoms with Crippen molar-refractivity contribution in [2.45, 2.75) is 39.2 Å². The van der Waals surface area contributed by atoms with Crippen LogP contribution in [0, 0.1) is 18.7 Å². The molecule has 1 aliphatic carbocycles. The van der Waals surface area contributed by atoms with Crippen LogP contribution >= 0.6 is 23.2 Å². The lowest BCUT2D eigenvalue weighted by molar-refractivity contribution is 0.0271. The number of halogens is 3. The van der Waals surface area contributed by atoms with Gasteiger partial charge in [0.1, 0.15) is 5.52 Å². The SMILES string of the molecule is Cc1ccc(Nc2c(C(=O)NOCC3CC3)cc3c(ncn3CCCCCl)c2F)c(Cl)c1.